The van der Waals surface area contributed by atoms with E-state index in [1.807, 2.05) is 30.3 Å². The van der Waals surface area contributed by atoms with Gasteiger partial charge in [0.2, 0.25) is 0 Å². The zero-order valence-corrected chi connectivity index (χ0v) is 10.8. The smallest absolute Gasteiger partial charge is 0.252 e. The lowest BCUT2D eigenvalue weighted by atomic mass is 10.2. The van der Waals surface area contributed by atoms with Gasteiger partial charge in [0.25, 0.3) is 5.91 Å². The second kappa shape index (κ2) is 7.85. The molecule has 1 aromatic carbocycles. The van der Waals surface area contributed by atoms with Crippen LogP contribution in [0.5, 0.6) is 0 Å². The Bertz CT molecular complexity index is 318. The average Bonchev–Trinajstić information content (AvgIpc) is 2.37. The van der Waals surface area contributed by atoms with Gasteiger partial charge in [0.05, 0.1) is 6.67 Å². The Morgan fingerprint density at radius 3 is 2.24 bits per heavy atom. The Morgan fingerprint density at radius 1 is 1.12 bits per heavy atom. The highest BCUT2D eigenvalue weighted by Gasteiger charge is 2.06. The third kappa shape index (κ3) is 5.00. The summed E-state index contributed by atoms with van der Waals surface area (Å²) in [5.74, 6) is 0.00260. The van der Waals surface area contributed by atoms with Crippen LogP contribution in [0, 0.1) is 0 Å². The first-order valence-corrected chi connectivity index (χ1v) is 6.33. The molecule has 0 unspecified atom stereocenters. The van der Waals surface area contributed by atoms with E-state index in [2.05, 4.69) is 24.1 Å². The Hall–Kier alpha value is -1.35. The van der Waals surface area contributed by atoms with Crippen molar-refractivity contribution in [1.29, 1.82) is 0 Å². The van der Waals surface area contributed by atoms with E-state index in [0.717, 1.165) is 31.5 Å². The van der Waals surface area contributed by atoms with E-state index >= 15 is 0 Å². The van der Waals surface area contributed by atoms with E-state index in [1.54, 1.807) is 0 Å². The highest BCUT2D eigenvalue weighted by molar-refractivity contribution is 5.94. The summed E-state index contributed by atoms with van der Waals surface area (Å²) >= 11 is 0. The normalized spacial score (nSPS) is 10.5. The van der Waals surface area contributed by atoms with Crippen LogP contribution in [0.15, 0.2) is 30.3 Å². The van der Waals surface area contributed by atoms with E-state index in [1.165, 1.54) is 0 Å². The van der Waals surface area contributed by atoms with Gasteiger partial charge in [-0.25, -0.2) is 0 Å². The van der Waals surface area contributed by atoms with Crippen LogP contribution in [-0.4, -0.2) is 30.6 Å². The Morgan fingerprint density at radius 2 is 1.71 bits per heavy atom. The van der Waals surface area contributed by atoms with E-state index < -0.39 is 0 Å². The van der Waals surface area contributed by atoms with E-state index in [4.69, 9.17) is 0 Å². The monoisotopic (exact) mass is 234 g/mol. The molecular formula is C14H22N2O. The molecule has 0 aliphatic carbocycles. The fourth-order valence-corrected chi connectivity index (χ4v) is 1.78. The third-order valence-corrected chi connectivity index (χ3v) is 2.58. The number of nitrogens with zero attached hydrogens (tertiary/aromatic N) is 1. The first kappa shape index (κ1) is 13.7. The van der Waals surface area contributed by atoms with Crippen molar-refractivity contribution in [3.8, 4) is 0 Å². The van der Waals surface area contributed by atoms with Gasteiger partial charge < -0.3 is 5.32 Å². The maximum Gasteiger partial charge on any atom is 0.252 e. The van der Waals surface area contributed by atoms with Crippen LogP contribution in [0.1, 0.15) is 37.0 Å². The highest BCUT2D eigenvalue weighted by Crippen LogP contribution is 1.98. The van der Waals surface area contributed by atoms with Gasteiger partial charge in [-0.1, -0.05) is 32.0 Å². The second-order valence-corrected chi connectivity index (χ2v) is 4.15. The Balaban J connectivity index is 2.41. The van der Waals surface area contributed by atoms with Crippen molar-refractivity contribution < 1.29 is 4.79 Å². The maximum absolute atomic E-state index is 11.8. The molecule has 3 nitrogen and oxygen atoms in total. The van der Waals surface area contributed by atoms with Crippen molar-refractivity contribution in [2.24, 2.45) is 0 Å². The van der Waals surface area contributed by atoms with Crippen LogP contribution < -0.4 is 5.32 Å². The van der Waals surface area contributed by atoms with Crippen molar-refractivity contribution in [2.75, 3.05) is 19.8 Å². The summed E-state index contributed by atoms with van der Waals surface area (Å²) in [4.78, 5) is 14.1. The predicted octanol–water partition coefficient (Wildman–Crippen LogP) is 2.50. The summed E-state index contributed by atoms with van der Waals surface area (Å²) in [7, 11) is 0. The van der Waals surface area contributed by atoms with Crippen LogP contribution in [0.3, 0.4) is 0 Å². The largest absolute Gasteiger partial charge is 0.339 e. The molecule has 94 valence electrons. The maximum atomic E-state index is 11.8. The summed E-state index contributed by atoms with van der Waals surface area (Å²) in [6, 6.07) is 9.34. The van der Waals surface area contributed by atoms with Gasteiger partial charge in [0.1, 0.15) is 0 Å². The molecule has 0 spiro atoms. The lowest BCUT2D eigenvalue weighted by molar-refractivity contribution is 0.0922. The van der Waals surface area contributed by atoms with Crippen molar-refractivity contribution in [3.05, 3.63) is 35.9 Å². The molecule has 0 saturated heterocycles. The molecule has 0 radical (unpaired) electrons. The topological polar surface area (TPSA) is 32.3 Å². The number of rotatable bonds is 7. The minimum absolute atomic E-state index is 0.00260. The average molecular weight is 234 g/mol. The van der Waals surface area contributed by atoms with Crippen molar-refractivity contribution in [3.63, 3.8) is 0 Å². The number of amides is 1. The second-order valence-electron chi connectivity index (χ2n) is 4.15. The molecule has 1 amide bonds. The first-order chi connectivity index (χ1) is 8.27. The van der Waals surface area contributed by atoms with E-state index in [-0.39, 0.29) is 5.91 Å². The van der Waals surface area contributed by atoms with Crippen LogP contribution in [0.25, 0.3) is 0 Å². The molecule has 0 atom stereocenters. The molecule has 0 heterocycles. The van der Waals surface area contributed by atoms with Crippen LogP contribution in [0.2, 0.25) is 0 Å². The van der Waals surface area contributed by atoms with E-state index in [0.29, 0.717) is 6.67 Å². The minimum Gasteiger partial charge on any atom is -0.339 e. The molecule has 1 rings (SSSR count). The highest BCUT2D eigenvalue weighted by atomic mass is 16.1. The SMILES string of the molecule is CCCN(CCC)CNC(=O)c1ccccc1. The van der Waals surface area contributed by atoms with Gasteiger partial charge in [0.15, 0.2) is 0 Å². The molecule has 0 saturated carbocycles. The summed E-state index contributed by atoms with van der Waals surface area (Å²) in [6.07, 6.45) is 2.22. The van der Waals surface area contributed by atoms with Crippen LogP contribution in [-0.2, 0) is 0 Å². The van der Waals surface area contributed by atoms with Crippen LogP contribution >= 0.6 is 0 Å². The quantitative estimate of drug-likeness (QED) is 0.735. The zero-order chi connectivity index (χ0) is 12.5. The van der Waals surface area contributed by atoms with Gasteiger partial charge in [-0.15, -0.1) is 0 Å². The molecule has 0 bridgehead atoms. The molecule has 1 N–H and O–H groups in total. The lowest BCUT2D eigenvalue weighted by Crippen LogP contribution is -2.38. The fourth-order valence-electron chi connectivity index (χ4n) is 1.78. The number of carbonyl (C=O) groups is 1. The molecule has 0 aliphatic heterocycles. The van der Waals surface area contributed by atoms with Gasteiger partial charge >= 0.3 is 0 Å². The van der Waals surface area contributed by atoms with Crippen molar-refractivity contribution in [2.45, 2.75) is 26.7 Å². The Labute approximate surface area is 104 Å². The van der Waals surface area contributed by atoms with Crippen LogP contribution in [0.4, 0.5) is 0 Å². The number of nitrogens with one attached hydrogen (secondary N) is 1. The zero-order valence-electron chi connectivity index (χ0n) is 10.8. The number of benzene rings is 1. The van der Waals surface area contributed by atoms with Gasteiger partial charge in [-0.3, -0.25) is 9.69 Å². The summed E-state index contributed by atoms with van der Waals surface area (Å²) in [5.41, 5.74) is 0.723. The standard InChI is InChI=1S/C14H22N2O/c1-3-10-16(11-4-2)12-15-14(17)13-8-6-5-7-9-13/h5-9H,3-4,10-12H2,1-2H3,(H,15,17). The predicted molar refractivity (Wildman–Crippen MR) is 70.9 cm³/mol. The van der Waals surface area contributed by atoms with Gasteiger partial charge in [-0.05, 0) is 38.1 Å². The van der Waals surface area contributed by atoms with Crippen molar-refractivity contribution >= 4 is 5.91 Å². The van der Waals surface area contributed by atoms with Gasteiger partial charge in [-0.2, -0.15) is 0 Å². The molecule has 0 aliphatic rings. The molecule has 17 heavy (non-hydrogen) atoms. The lowest BCUT2D eigenvalue weighted by Gasteiger charge is -2.21. The number of hydrogen-bond acceptors (Lipinski definition) is 2. The molecular weight excluding hydrogens is 212 g/mol. The van der Waals surface area contributed by atoms with Gasteiger partial charge in [0, 0.05) is 5.56 Å². The summed E-state index contributed by atoms with van der Waals surface area (Å²) in [5, 5.41) is 2.96. The minimum atomic E-state index is 0.00260. The van der Waals surface area contributed by atoms with E-state index in [9.17, 15) is 4.79 Å². The number of hydrogen-bond donors (Lipinski definition) is 1. The summed E-state index contributed by atoms with van der Waals surface area (Å²) < 4.78 is 0. The number of carbonyl (C=O) groups excluding carboxylic acids is 1. The molecule has 0 fully saturated rings. The third-order valence-electron chi connectivity index (χ3n) is 2.58. The Kier molecular flexibility index (Phi) is 6.33. The summed E-state index contributed by atoms with van der Waals surface area (Å²) in [6.45, 7) is 7.00. The first-order valence-electron chi connectivity index (χ1n) is 6.33. The molecule has 0 aromatic heterocycles. The fraction of sp³-hybridized carbons (Fsp3) is 0.500. The molecule has 3 heteroatoms. The molecule has 1 aromatic rings. The van der Waals surface area contributed by atoms with Crippen molar-refractivity contribution in [1.82, 2.24) is 10.2 Å².